The summed E-state index contributed by atoms with van der Waals surface area (Å²) in [5, 5.41) is 3.40. The minimum absolute atomic E-state index is 0.186. The molecule has 1 aliphatic heterocycles. The SMILES string of the molecule is CCC1(C(=O)N(C)Cc2cc(C)ccc2OC)CCCN1. The Balaban J connectivity index is 2.15. The Labute approximate surface area is 127 Å². The smallest absolute Gasteiger partial charge is 0.242 e. The number of likely N-dealkylation sites (N-methyl/N-ethyl adjacent to an activating group) is 1. The van der Waals surface area contributed by atoms with Gasteiger partial charge in [-0.3, -0.25) is 4.79 Å². The summed E-state index contributed by atoms with van der Waals surface area (Å²) in [5.41, 5.74) is 1.86. The summed E-state index contributed by atoms with van der Waals surface area (Å²) >= 11 is 0. The molecule has 1 saturated heterocycles. The molecule has 2 rings (SSSR count). The van der Waals surface area contributed by atoms with Crippen molar-refractivity contribution in [3.8, 4) is 5.75 Å². The summed E-state index contributed by atoms with van der Waals surface area (Å²) in [5.74, 6) is 1.02. The lowest BCUT2D eigenvalue weighted by Gasteiger charge is -2.32. The van der Waals surface area contributed by atoms with Gasteiger partial charge < -0.3 is 15.0 Å². The molecule has 0 spiro atoms. The molecule has 1 fully saturated rings. The van der Waals surface area contributed by atoms with Crippen molar-refractivity contribution in [2.75, 3.05) is 20.7 Å². The molecule has 1 N–H and O–H groups in total. The van der Waals surface area contributed by atoms with Gasteiger partial charge in [0, 0.05) is 19.2 Å². The van der Waals surface area contributed by atoms with Crippen molar-refractivity contribution in [2.45, 2.75) is 45.2 Å². The number of ether oxygens (including phenoxy) is 1. The van der Waals surface area contributed by atoms with Gasteiger partial charge in [-0.2, -0.15) is 0 Å². The number of hydrogen-bond donors (Lipinski definition) is 1. The van der Waals surface area contributed by atoms with Crippen LogP contribution in [0.3, 0.4) is 0 Å². The predicted molar refractivity (Wildman–Crippen MR) is 84.5 cm³/mol. The predicted octanol–water partition coefficient (Wildman–Crippen LogP) is 2.49. The lowest BCUT2D eigenvalue weighted by molar-refractivity contribution is -0.137. The van der Waals surface area contributed by atoms with Gasteiger partial charge in [0.2, 0.25) is 5.91 Å². The molecule has 21 heavy (non-hydrogen) atoms. The van der Waals surface area contributed by atoms with Crippen LogP contribution in [0.15, 0.2) is 18.2 Å². The molecule has 0 saturated carbocycles. The van der Waals surface area contributed by atoms with Crippen LogP contribution in [0, 0.1) is 6.92 Å². The Kier molecular flexibility index (Phi) is 4.88. The third kappa shape index (κ3) is 3.21. The average molecular weight is 290 g/mol. The number of nitrogens with one attached hydrogen (secondary N) is 1. The van der Waals surface area contributed by atoms with Crippen molar-refractivity contribution >= 4 is 5.91 Å². The van der Waals surface area contributed by atoms with E-state index in [2.05, 4.69) is 25.2 Å². The lowest BCUT2D eigenvalue weighted by atomic mass is 9.92. The zero-order valence-corrected chi connectivity index (χ0v) is 13.5. The van der Waals surface area contributed by atoms with E-state index in [1.54, 1.807) is 7.11 Å². The average Bonchev–Trinajstić information content (AvgIpc) is 2.96. The first-order valence-electron chi connectivity index (χ1n) is 7.66. The van der Waals surface area contributed by atoms with Gasteiger partial charge in [-0.05, 0) is 38.8 Å². The van der Waals surface area contributed by atoms with Gasteiger partial charge in [-0.25, -0.2) is 0 Å². The lowest BCUT2D eigenvalue weighted by Crippen LogP contribution is -2.53. The first-order valence-corrected chi connectivity index (χ1v) is 7.66. The van der Waals surface area contributed by atoms with Gasteiger partial charge in [0.05, 0.1) is 12.6 Å². The number of amides is 1. The topological polar surface area (TPSA) is 41.6 Å². The summed E-state index contributed by atoms with van der Waals surface area (Å²) in [6, 6.07) is 6.08. The number of carbonyl (C=O) groups is 1. The highest BCUT2D eigenvalue weighted by Crippen LogP contribution is 2.27. The van der Waals surface area contributed by atoms with Gasteiger partial charge in [-0.1, -0.05) is 24.6 Å². The van der Waals surface area contributed by atoms with E-state index >= 15 is 0 Å². The van der Waals surface area contributed by atoms with Gasteiger partial charge in [-0.15, -0.1) is 0 Å². The number of methoxy groups -OCH3 is 1. The van der Waals surface area contributed by atoms with Gasteiger partial charge in [0.15, 0.2) is 0 Å². The normalized spacial score (nSPS) is 21.3. The van der Waals surface area contributed by atoms with Crippen molar-refractivity contribution in [2.24, 2.45) is 0 Å². The van der Waals surface area contributed by atoms with Gasteiger partial charge in [0.25, 0.3) is 0 Å². The number of benzene rings is 1. The van der Waals surface area contributed by atoms with Crippen molar-refractivity contribution in [1.82, 2.24) is 10.2 Å². The Morgan fingerprint density at radius 3 is 2.81 bits per heavy atom. The molecule has 1 aromatic carbocycles. The Morgan fingerprint density at radius 1 is 1.48 bits per heavy atom. The molecule has 0 aliphatic carbocycles. The maximum Gasteiger partial charge on any atom is 0.242 e. The van der Waals surface area contributed by atoms with E-state index < -0.39 is 0 Å². The first-order chi connectivity index (χ1) is 10.0. The first kappa shape index (κ1) is 15.8. The van der Waals surface area contributed by atoms with Gasteiger partial charge in [0.1, 0.15) is 5.75 Å². The fourth-order valence-electron chi connectivity index (χ4n) is 3.17. The molecule has 1 unspecified atom stereocenters. The Hall–Kier alpha value is -1.55. The van der Waals surface area contributed by atoms with Crippen LogP contribution in [0.25, 0.3) is 0 Å². The molecule has 1 aliphatic rings. The minimum atomic E-state index is -0.369. The van der Waals surface area contributed by atoms with Crippen molar-refractivity contribution in [1.29, 1.82) is 0 Å². The van der Waals surface area contributed by atoms with Crippen LogP contribution in [0.1, 0.15) is 37.3 Å². The van der Waals surface area contributed by atoms with E-state index in [9.17, 15) is 4.79 Å². The van der Waals surface area contributed by atoms with E-state index in [0.29, 0.717) is 6.54 Å². The largest absolute Gasteiger partial charge is 0.496 e. The second-order valence-electron chi connectivity index (χ2n) is 5.94. The summed E-state index contributed by atoms with van der Waals surface area (Å²) in [6.45, 7) is 5.64. The standard InChI is InChI=1S/C17H26N2O2/c1-5-17(9-6-10-18-17)16(20)19(3)12-14-11-13(2)7-8-15(14)21-4/h7-8,11,18H,5-6,9-10,12H2,1-4H3. The number of rotatable bonds is 5. The fourth-order valence-corrected chi connectivity index (χ4v) is 3.17. The van der Waals surface area contributed by atoms with E-state index in [-0.39, 0.29) is 11.4 Å². The van der Waals surface area contributed by atoms with Crippen LogP contribution in [0.5, 0.6) is 5.75 Å². The molecule has 0 aromatic heterocycles. The number of hydrogen-bond acceptors (Lipinski definition) is 3. The highest BCUT2D eigenvalue weighted by molar-refractivity contribution is 5.86. The third-order valence-electron chi connectivity index (χ3n) is 4.45. The third-order valence-corrected chi connectivity index (χ3v) is 4.45. The Morgan fingerprint density at radius 2 is 2.24 bits per heavy atom. The van der Waals surface area contributed by atoms with Crippen LogP contribution >= 0.6 is 0 Å². The molecule has 1 aromatic rings. The van der Waals surface area contributed by atoms with Crippen LogP contribution in [0.4, 0.5) is 0 Å². The van der Waals surface area contributed by atoms with Crippen LogP contribution < -0.4 is 10.1 Å². The summed E-state index contributed by atoms with van der Waals surface area (Å²) in [4.78, 5) is 14.6. The summed E-state index contributed by atoms with van der Waals surface area (Å²) < 4.78 is 5.40. The number of carbonyl (C=O) groups excluding carboxylic acids is 1. The van der Waals surface area contributed by atoms with E-state index in [1.807, 2.05) is 24.1 Å². The summed E-state index contributed by atoms with van der Waals surface area (Å²) in [7, 11) is 3.55. The van der Waals surface area contributed by atoms with E-state index in [4.69, 9.17) is 4.74 Å². The molecule has 1 atom stereocenters. The number of aryl methyl sites for hydroxylation is 1. The molecular weight excluding hydrogens is 264 g/mol. The molecule has 116 valence electrons. The van der Waals surface area contributed by atoms with E-state index in [1.165, 1.54) is 5.56 Å². The maximum atomic E-state index is 12.8. The second kappa shape index (κ2) is 6.48. The molecule has 0 bridgehead atoms. The molecule has 1 amide bonds. The summed E-state index contributed by atoms with van der Waals surface area (Å²) in [6.07, 6.45) is 2.83. The van der Waals surface area contributed by atoms with Crippen molar-refractivity contribution < 1.29 is 9.53 Å². The van der Waals surface area contributed by atoms with E-state index in [0.717, 1.165) is 37.1 Å². The van der Waals surface area contributed by atoms with Crippen LogP contribution in [-0.4, -0.2) is 37.0 Å². The highest BCUT2D eigenvalue weighted by Gasteiger charge is 2.40. The quantitative estimate of drug-likeness (QED) is 0.906. The van der Waals surface area contributed by atoms with Crippen LogP contribution in [-0.2, 0) is 11.3 Å². The van der Waals surface area contributed by atoms with Crippen molar-refractivity contribution in [3.05, 3.63) is 29.3 Å². The molecule has 4 heteroatoms. The molecule has 4 nitrogen and oxygen atoms in total. The van der Waals surface area contributed by atoms with Gasteiger partial charge >= 0.3 is 0 Å². The zero-order valence-electron chi connectivity index (χ0n) is 13.5. The minimum Gasteiger partial charge on any atom is -0.496 e. The zero-order chi connectivity index (χ0) is 15.5. The highest BCUT2D eigenvalue weighted by atomic mass is 16.5. The maximum absolute atomic E-state index is 12.8. The number of nitrogens with zero attached hydrogens (tertiary/aromatic N) is 1. The molecule has 0 radical (unpaired) electrons. The molecule has 1 heterocycles. The van der Waals surface area contributed by atoms with Crippen molar-refractivity contribution in [3.63, 3.8) is 0 Å². The monoisotopic (exact) mass is 290 g/mol. The molecular formula is C17H26N2O2. The second-order valence-corrected chi connectivity index (χ2v) is 5.94. The van der Waals surface area contributed by atoms with Crippen LogP contribution in [0.2, 0.25) is 0 Å². The Bertz CT molecular complexity index is 508. The fraction of sp³-hybridized carbons (Fsp3) is 0.588.